The molecule has 0 radical (unpaired) electrons. The zero-order chi connectivity index (χ0) is 25.8. The molecule has 0 amide bonds. The summed E-state index contributed by atoms with van der Waals surface area (Å²) in [7, 11) is 1.16. The summed E-state index contributed by atoms with van der Waals surface area (Å²) in [6.45, 7) is 1.39. The highest BCUT2D eigenvalue weighted by Crippen LogP contribution is 2.50. The zero-order valence-electron chi connectivity index (χ0n) is 18.0. The third-order valence-electron chi connectivity index (χ3n) is 5.10. The summed E-state index contributed by atoms with van der Waals surface area (Å²) < 4.78 is 80.8. The first kappa shape index (κ1) is 27.9. The van der Waals surface area contributed by atoms with Gasteiger partial charge >= 0.3 is 18.0 Å². The van der Waals surface area contributed by atoms with Crippen LogP contribution in [0.4, 0.5) is 26.3 Å². The molecule has 1 aromatic heterocycles. The first-order valence-electron chi connectivity index (χ1n) is 9.71. The summed E-state index contributed by atoms with van der Waals surface area (Å²) in [5.74, 6) is -0.482. The maximum Gasteiger partial charge on any atom is 0.440 e. The maximum absolute atomic E-state index is 13.3. The van der Waals surface area contributed by atoms with E-state index in [1.54, 1.807) is 12.3 Å². The molecule has 0 saturated heterocycles. The number of pyridine rings is 1. The lowest BCUT2D eigenvalue weighted by Gasteiger charge is -2.30. The van der Waals surface area contributed by atoms with E-state index in [1.807, 2.05) is 22.6 Å². The Balaban J connectivity index is 2.39. The Morgan fingerprint density at radius 2 is 1.91 bits per heavy atom. The van der Waals surface area contributed by atoms with Crippen LogP contribution in [0.5, 0.6) is 0 Å². The van der Waals surface area contributed by atoms with Gasteiger partial charge in [-0.1, -0.05) is 5.16 Å². The molecule has 0 unspecified atom stereocenters. The van der Waals surface area contributed by atoms with Gasteiger partial charge in [-0.05, 0) is 48.2 Å². The monoisotopic (exact) mass is 603 g/mol. The van der Waals surface area contributed by atoms with Crippen molar-refractivity contribution in [3.8, 4) is 0 Å². The van der Waals surface area contributed by atoms with E-state index in [4.69, 9.17) is 5.41 Å². The number of nitrogens with one attached hydrogen (secondary N) is 1. The van der Waals surface area contributed by atoms with Gasteiger partial charge in [0.25, 0.3) is 0 Å². The van der Waals surface area contributed by atoms with E-state index in [1.165, 1.54) is 19.3 Å². The molecule has 0 spiro atoms. The van der Waals surface area contributed by atoms with Crippen molar-refractivity contribution in [2.24, 2.45) is 15.1 Å². The molecule has 1 N–H and O–H groups in total. The van der Waals surface area contributed by atoms with Gasteiger partial charge < -0.3 is 10.2 Å². The lowest BCUT2D eigenvalue weighted by Crippen LogP contribution is -2.57. The largest absolute Gasteiger partial charge is 0.440 e. The molecule has 1 aliphatic heterocycles. The predicted molar refractivity (Wildman–Crippen MR) is 122 cm³/mol. The fraction of sp³-hybridized carbons (Fsp3) is 0.500. The van der Waals surface area contributed by atoms with E-state index in [0.717, 1.165) is 16.8 Å². The van der Waals surface area contributed by atoms with Gasteiger partial charge in [0, 0.05) is 47.6 Å². The normalized spacial score (nSPS) is 18.4. The number of nitrogens with zero attached hydrogens (tertiary/aromatic N) is 4. The Kier molecular flexibility index (Phi) is 8.58. The summed E-state index contributed by atoms with van der Waals surface area (Å²) >= 11 is 2.02. The van der Waals surface area contributed by atoms with Gasteiger partial charge in [0.1, 0.15) is 11.3 Å². The van der Waals surface area contributed by atoms with Crippen LogP contribution in [0, 0.1) is 8.98 Å². The maximum atomic E-state index is 13.3. The van der Waals surface area contributed by atoms with E-state index >= 15 is 0 Å². The number of hydrogen-bond donors (Lipinski definition) is 1. The van der Waals surface area contributed by atoms with Crippen LogP contribution in [0.15, 0.2) is 33.6 Å². The molecule has 0 aromatic carbocycles. The minimum atomic E-state index is -5.78. The van der Waals surface area contributed by atoms with Crippen LogP contribution in [0.1, 0.15) is 38.2 Å². The Hall–Kier alpha value is -2.39. The highest BCUT2D eigenvalue weighted by Gasteiger charge is 2.76. The van der Waals surface area contributed by atoms with Crippen LogP contribution in [-0.4, -0.2) is 65.2 Å². The third kappa shape index (κ3) is 5.99. The summed E-state index contributed by atoms with van der Waals surface area (Å²) in [5.41, 5.74) is -6.53. The summed E-state index contributed by atoms with van der Waals surface area (Å²) in [6, 6.07) is 1.71. The van der Waals surface area contributed by atoms with E-state index in [9.17, 15) is 31.1 Å². The van der Waals surface area contributed by atoms with E-state index in [2.05, 4.69) is 25.0 Å². The number of carbonyl (C=O) groups excluding carboxylic acids is 1. The molecular weight excluding hydrogens is 583 g/mol. The van der Waals surface area contributed by atoms with Crippen molar-refractivity contribution >= 4 is 52.2 Å². The van der Waals surface area contributed by atoms with Crippen molar-refractivity contribution in [1.82, 2.24) is 4.98 Å². The second-order valence-electron chi connectivity index (χ2n) is 7.61. The van der Waals surface area contributed by atoms with Gasteiger partial charge in [-0.15, -0.1) is 0 Å². The number of alkyl halides is 6. The average molecular weight is 603 g/mol. The molecule has 0 aliphatic carbocycles. The van der Waals surface area contributed by atoms with Gasteiger partial charge in [-0.25, -0.2) is 0 Å². The molecule has 0 saturated carbocycles. The molecule has 186 valence electrons. The first-order chi connectivity index (χ1) is 15.7. The number of rotatable bonds is 9. The highest BCUT2D eigenvalue weighted by atomic mass is 127. The number of aromatic nitrogens is 1. The molecule has 2 heterocycles. The minimum Gasteiger partial charge on any atom is -0.369 e. The van der Waals surface area contributed by atoms with Gasteiger partial charge in [-0.2, -0.15) is 26.3 Å². The van der Waals surface area contributed by atoms with Crippen LogP contribution < -0.4 is 0 Å². The summed E-state index contributed by atoms with van der Waals surface area (Å²) in [6.07, 6.45) is -8.26. The zero-order valence-corrected chi connectivity index (χ0v) is 20.1. The Bertz CT molecular complexity index is 1010. The molecule has 0 bridgehead atoms. The third-order valence-corrected chi connectivity index (χ3v) is 5.69. The van der Waals surface area contributed by atoms with Crippen LogP contribution in [-0.2, 0) is 9.63 Å². The molecule has 1 aliphatic rings. The van der Waals surface area contributed by atoms with Crippen molar-refractivity contribution < 1.29 is 36.0 Å². The van der Waals surface area contributed by atoms with Crippen molar-refractivity contribution in [3.63, 3.8) is 0 Å². The molecule has 1 aromatic rings. The SMILES string of the molecule is CN=C(C[C@](C)(N=Cc1cncc(I)c1)C(=O)CCC=N)C1=NOC(C(F)(F)F)(C(F)(F)F)C1. The van der Waals surface area contributed by atoms with E-state index in [-0.39, 0.29) is 18.6 Å². The molecular formula is C20H20F6IN5O2. The molecule has 34 heavy (non-hydrogen) atoms. The predicted octanol–water partition coefficient (Wildman–Crippen LogP) is 4.96. The van der Waals surface area contributed by atoms with Gasteiger partial charge in [-0.3, -0.25) is 19.8 Å². The quantitative estimate of drug-likeness (QED) is 0.245. The molecule has 2 rings (SSSR count). The number of aliphatic imine (C=N–C) groups is 2. The first-order valence-corrected chi connectivity index (χ1v) is 10.8. The highest BCUT2D eigenvalue weighted by molar-refractivity contribution is 14.1. The fourth-order valence-corrected chi connectivity index (χ4v) is 3.61. The molecule has 1 atom stereocenters. The van der Waals surface area contributed by atoms with Crippen molar-refractivity contribution in [1.29, 1.82) is 5.41 Å². The van der Waals surface area contributed by atoms with Crippen LogP contribution >= 0.6 is 22.6 Å². The molecule has 7 nitrogen and oxygen atoms in total. The van der Waals surface area contributed by atoms with Crippen molar-refractivity contribution in [2.75, 3.05) is 7.05 Å². The van der Waals surface area contributed by atoms with E-state index < -0.39 is 47.8 Å². The van der Waals surface area contributed by atoms with Crippen LogP contribution in [0.2, 0.25) is 0 Å². The average Bonchev–Trinajstić information content (AvgIpc) is 3.21. The van der Waals surface area contributed by atoms with Crippen LogP contribution in [0.3, 0.4) is 0 Å². The number of Topliss-reactive ketones (excluding diaryl/α,β-unsaturated/α-hetero) is 1. The summed E-state index contributed by atoms with van der Waals surface area (Å²) in [4.78, 5) is 28.9. The second kappa shape index (κ2) is 10.5. The standard InChI is InChI=1S/C20H20F6IN5O2/c1-17(16(33)4-3-5-28,31-10-12-6-13(27)11-30-9-12)7-14(29-2)15-8-18(34-32-15,19(21,22)23)20(24,25)26/h5-6,9-11,28H,3-4,7-8H2,1-2H3/t17-/m0/s1. The minimum absolute atomic E-state index is 0.0860. The number of halogens is 7. The molecule has 0 fully saturated rings. The van der Waals surface area contributed by atoms with Gasteiger partial charge in [0.05, 0.1) is 12.1 Å². The second-order valence-corrected chi connectivity index (χ2v) is 8.86. The van der Waals surface area contributed by atoms with Crippen molar-refractivity contribution in [3.05, 3.63) is 27.6 Å². The van der Waals surface area contributed by atoms with E-state index in [0.29, 0.717) is 5.56 Å². The van der Waals surface area contributed by atoms with Gasteiger partial charge in [0.2, 0.25) is 0 Å². The fourth-order valence-electron chi connectivity index (χ4n) is 3.09. The number of ketones is 1. The Labute approximate surface area is 204 Å². The van der Waals surface area contributed by atoms with Crippen molar-refractivity contribution in [2.45, 2.75) is 56.1 Å². The number of oxime groups is 1. The number of hydrogen-bond acceptors (Lipinski definition) is 7. The van der Waals surface area contributed by atoms with Crippen LogP contribution in [0.25, 0.3) is 0 Å². The lowest BCUT2D eigenvalue weighted by molar-refractivity contribution is -0.373. The van der Waals surface area contributed by atoms with Gasteiger partial charge in [0.15, 0.2) is 5.78 Å². The number of carbonyl (C=O) groups is 1. The smallest absolute Gasteiger partial charge is 0.369 e. The lowest BCUT2D eigenvalue weighted by atomic mass is 9.84. The summed E-state index contributed by atoms with van der Waals surface area (Å²) in [5, 5.41) is 10.2. The molecule has 14 heteroatoms. The Morgan fingerprint density at radius 3 is 2.41 bits per heavy atom. The Morgan fingerprint density at radius 1 is 1.26 bits per heavy atom. The topological polar surface area (TPSA) is 100 Å².